The number of halogens is 2. The van der Waals surface area contributed by atoms with Crippen LogP contribution in [-0.4, -0.2) is 50.1 Å². The number of hydrogen-bond donors (Lipinski definition) is 0. The number of carbonyl (C=O) groups excluding carboxylic acids is 2. The van der Waals surface area contributed by atoms with Gasteiger partial charge in [0.2, 0.25) is 5.91 Å². The molecule has 2 amide bonds. The van der Waals surface area contributed by atoms with Crippen LogP contribution < -0.4 is 14.4 Å². The van der Waals surface area contributed by atoms with Crippen LogP contribution in [-0.2, 0) is 4.79 Å². The summed E-state index contributed by atoms with van der Waals surface area (Å²) in [6.45, 7) is 2.37. The lowest BCUT2D eigenvalue weighted by Gasteiger charge is -2.39. The smallest absolute Gasteiger partial charge is 0.256 e. The van der Waals surface area contributed by atoms with Crippen molar-refractivity contribution in [3.8, 4) is 11.5 Å². The second-order valence-corrected chi connectivity index (χ2v) is 7.17. The summed E-state index contributed by atoms with van der Waals surface area (Å²) in [6, 6.07) is 9.28. The van der Waals surface area contributed by atoms with E-state index < -0.39 is 6.04 Å². The summed E-state index contributed by atoms with van der Waals surface area (Å²) in [5.41, 5.74) is 0.924. The fourth-order valence-corrected chi connectivity index (χ4v) is 3.70. The number of piperazine rings is 1. The second kappa shape index (κ2) is 8.29. The third kappa shape index (κ3) is 3.75. The molecule has 1 aliphatic rings. The van der Waals surface area contributed by atoms with Crippen molar-refractivity contribution in [3.05, 3.63) is 52.0 Å². The number of anilines is 1. The second-order valence-electron chi connectivity index (χ2n) is 6.33. The molecule has 1 aliphatic heterocycles. The van der Waals surface area contributed by atoms with Gasteiger partial charge in [-0.05, 0) is 37.3 Å². The van der Waals surface area contributed by atoms with E-state index in [0.717, 1.165) is 0 Å². The highest BCUT2D eigenvalue weighted by atomic mass is 35.5. The van der Waals surface area contributed by atoms with E-state index in [9.17, 15) is 9.59 Å². The quantitative estimate of drug-likeness (QED) is 0.749. The Bertz CT molecular complexity index is 919. The lowest BCUT2D eigenvalue weighted by Crippen LogP contribution is -2.57. The molecule has 148 valence electrons. The van der Waals surface area contributed by atoms with Gasteiger partial charge in [-0.1, -0.05) is 23.2 Å². The maximum Gasteiger partial charge on any atom is 0.256 e. The Morgan fingerprint density at radius 2 is 1.82 bits per heavy atom. The van der Waals surface area contributed by atoms with Crippen molar-refractivity contribution in [3.63, 3.8) is 0 Å². The highest BCUT2D eigenvalue weighted by Gasteiger charge is 2.37. The molecule has 3 rings (SSSR count). The first kappa shape index (κ1) is 20.3. The molecular weight excluding hydrogens is 403 g/mol. The molecule has 0 unspecified atom stereocenters. The minimum Gasteiger partial charge on any atom is -0.497 e. The van der Waals surface area contributed by atoms with Crippen LogP contribution >= 0.6 is 23.2 Å². The molecule has 0 aromatic heterocycles. The maximum absolute atomic E-state index is 13.1. The first-order chi connectivity index (χ1) is 13.4. The first-order valence-electron chi connectivity index (χ1n) is 8.66. The molecule has 6 nitrogen and oxygen atoms in total. The van der Waals surface area contributed by atoms with Crippen LogP contribution in [0.25, 0.3) is 0 Å². The van der Waals surface area contributed by atoms with Gasteiger partial charge in [0.1, 0.15) is 17.5 Å². The van der Waals surface area contributed by atoms with Crippen LogP contribution in [0.3, 0.4) is 0 Å². The molecule has 1 fully saturated rings. The van der Waals surface area contributed by atoms with Crippen molar-refractivity contribution in [1.82, 2.24) is 4.90 Å². The molecule has 0 aliphatic carbocycles. The zero-order valence-corrected chi connectivity index (χ0v) is 17.3. The molecule has 28 heavy (non-hydrogen) atoms. The van der Waals surface area contributed by atoms with Crippen LogP contribution in [0.1, 0.15) is 17.3 Å². The van der Waals surface area contributed by atoms with E-state index in [-0.39, 0.29) is 16.8 Å². The summed E-state index contributed by atoms with van der Waals surface area (Å²) in [6.07, 6.45) is 0. The van der Waals surface area contributed by atoms with Crippen molar-refractivity contribution in [1.29, 1.82) is 0 Å². The first-order valence-corrected chi connectivity index (χ1v) is 9.42. The van der Waals surface area contributed by atoms with Gasteiger partial charge in [0, 0.05) is 24.2 Å². The topological polar surface area (TPSA) is 59.1 Å². The SMILES string of the molecule is COc1ccc(OC)c(N2CCN(C(=O)c3ccc(Cl)cc3Cl)[C@@H](C)C2=O)c1. The van der Waals surface area contributed by atoms with Gasteiger partial charge in [-0.3, -0.25) is 9.59 Å². The molecular formula is C20H20Cl2N2O4. The van der Waals surface area contributed by atoms with Crippen LogP contribution in [0.4, 0.5) is 5.69 Å². The van der Waals surface area contributed by atoms with E-state index in [1.54, 1.807) is 56.4 Å². The maximum atomic E-state index is 13.1. The summed E-state index contributed by atoms with van der Waals surface area (Å²) in [5.74, 6) is 0.653. The normalized spacial score (nSPS) is 16.9. The highest BCUT2D eigenvalue weighted by Crippen LogP contribution is 2.34. The van der Waals surface area contributed by atoms with Gasteiger partial charge in [0.05, 0.1) is 30.5 Å². The number of nitrogens with zero attached hydrogens (tertiary/aromatic N) is 2. The third-order valence-corrected chi connectivity index (χ3v) is 5.30. The lowest BCUT2D eigenvalue weighted by molar-refractivity contribution is -0.124. The van der Waals surface area contributed by atoms with Gasteiger partial charge in [-0.2, -0.15) is 0 Å². The zero-order valence-electron chi connectivity index (χ0n) is 15.7. The Kier molecular flexibility index (Phi) is 6.01. The predicted molar refractivity (Wildman–Crippen MR) is 109 cm³/mol. The Hall–Kier alpha value is -2.44. The van der Waals surface area contributed by atoms with E-state index in [4.69, 9.17) is 32.7 Å². The van der Waals surface area contributed by atoms with Crippen LogP contribution in [0, 0.1) is 0 Å². The standard InChI is InChI=1S/C20H20Cl2N2O4/c1-12-19(25)24(17-11-14(27-2)5-7-18(17)28-3)9-8-23(12)20(26)15-6-4-13(21)10-16(15)22/h4-7,10-12H,8-9H2,1-3H3/t12-/m0/s1. The van der Waals surface area contributed by atoms with Gasteiger partial charge < -0.3 is 19.3 Å². The molecule has 1 atom stereocenters. The summed E-state index contributed by atoms with van der Waals surface area (Å²) in [4.78, 5) is 29.1. The van der Waals surface area contributed by atoms with Gasteiger partial charge in [-0.25, -0.2) is 0 Å². The van der Waals surface area contributed by atoms with Crippen molar-refractivity contribution in [2.75, 3.05) is 32.2 Å². The highest BCUT2D eigenvalue weighted by molar-refractivity contribution is 6.36. The molecule has 0 radical (unpaired) electrons. The Balaban J connectivity index is 1.87. The number of methoxy groups -OCH3 is 2. The number of amides is 2. The fraction of sp³-hybridized carbons (Fsp3) is 0.300. The predicted octanol–water partition coefficient (Wildman–Crippen LogP) is 3.89. The molecule has 1 heterocycles. The van der Waals surface area contributed by atoms with Crippen LogP contribution in [0.2, 0.25) is 10.0 Å². The molecule has 0 spiro atoms. The van der Waals surface area contributed by atoms with Gasteiger partial charge in [0.25, 0.3) is 5.91 Å². The monoisotopic (exact) mass is 422 g/mol. The summed E-state index contributed by atoms with van der Waals surface area (Å²) < 4.78 is 10.7. The summed E-state index contributed by atoms with van der Waals surface area (Å²) >= 11 is 12.1. The molecule has 2 aromatic carbocycles. The number of carbonyl (C=O) groups is 2. The molecule has 1 saturated heterocycles. The van der Waals surface area contributed by atoms with E-state index in [0.29, 0.717) is 40.9 Å². The summed E-state index contributed by atoms with van der Waals surface area (Å²) in [5, 5.41) is 0.703. The Morgan fingerprint density at radius 3 is 2.46 bits per heavy atom. The average Bonchev–Trinajstić information content (AvgIpc) is 2.69. The largest absolute Gasteiger partial charge is 0.497 e. The third-order valence-electron chi connectivity index (χ3n) is 4.75. The number of hydrogen-bond acceptors (Lipinski definition) is 4. The molecule has 8 heteroatoms. The Labute approximate surface area is 173 Å². The fourth-order valence-electron chi connectivity index (χ4n) is 3.21. The average molecular weight is 423 g/mol. The Morgan fingerprint density at radius 1 is 1.07 bits per heavy atom. The molecule has 0 bridgehead atoms. The van der Waals surface area contributed by atoms with E-state index in [1.165, 1.54) is 11.0 Å². The van der Waals surface area contributed by atoms with Crippen molar-refractivity contribution < 1.29 is 19.1 Å². The van der Waals surface area contributed by atoms with Gasteiger partial charge >= 0.3 is 0 Å². The van der Waals surface area contributed by atoms with E-state index >= 15 is 0 Å². The van der Waals surface area contributed by atoms with Gasteiger partial charge in [0.15, 0.2) is 0 Å². The lowest BCUT2D eigenvalue weighted by atomic mass is 10.1. The molecule has 0 N–H and O–H groups in total. The minimum atomic E-state index is -0.663. The minimum absolute atomic E-state index is 0.212. The van der Waals surface area contributed by atoms with Crippen LogP contribution in [0.5, 0.6) is 11.5 Å². The van der Waals surface area contributed by atoms with E-state index in [1.807, 2.05) is 0 Å². The zero-order chi connectivity index (χ0) is 20.4. The number of rotatable bonds is 4. The van der Waals surface area contributed by atoms with Gasteiger partial charge in [-0.15, -0.1) is 0 Å². The van der Waals surface area contributed by atoms with Crippen molar-refractivity contribution >= 4 is 40.7 Å². The number of benzene rings is 2. The summed E-state index contributed by atoms with van der Waals surface area (Å²) in [7, 11) is 3.10. The number of ether oxygens (including phenoxy) is 2. The van der Waals surface area contributed by atoms with Crippen molar-refractivity contribution in [2.45, 2.75) is 13.0 Å². The van der Waals surface area contributed by atoms with Crippen molar-refractivity contribution in [2.24, 2.45) is 0 Å². The molecule has 2 aromatic rings. The molecule has 0 saturated carbocycles. The van der Waals surface area contributed by atoms with Crippen LogP contribution in [0.15, 0.2) is 36.4 Å². The van der Waals surface area contributed by atoms with E-state index in [2.05, 4.69) is 0 Å².